The Morgan fingerprint density at radius 1 is 1.50 bits per heavy atom. The first-order chi connectivity index (χ1) is 8.35. The smallest absolute Gasteiger partial charge is 0.261 e. The molecule has 0 bridgehead atoms. The molecular weight excluding hydrogens is 254 g/mol. The summed E-state index contributed by atoms with van der Waals surface area (Å²) in [5, 5.41) is 17.8. The molecule has 2 N–H and O–H groups in total. The lowest BCUT2D eigenvalue weighted by Crippen LogP contribution is -1.98. The molecule has 1 aliphatic rings. The minimum atomic E-state index is -3.67. The van der Waals surface area contributed by atoms with E-state index >= 15 is 0 Å². The summed E-state index contributed by atoms with van der Waals surface area (Å²) in [7, 11) is -3.67. The van der Waals surface area contributed by atoms with Crippen molar-refractivity contribution >= 4 is 10.1 Å². The molecule has 0 aromatic heterocycles. The van der Waals surface area contributed by atoms with Gasteiger partial charge >= 0.3 is 0 Å². The van der Waals surface area contributed by atoms with Crippen molar-refractivity contribution in [1.82, 2.24) is 0 Å². The highest BCUT2D eigenvalue weighted by Crippen LogP contribution is 2.32. The highest BCUT2D eigenvalue weighted by atomic mass is 32.2. The minimum absolute atomic E-state index is 0.196. The second-order valence-electron chi connectivity index (χ2n) is 4.18. The Kier molecular flexibility index (Phi) is 4.84. The first-order valence-electron chi connectivity index (χ1n) is 5.41. The van der Waals surface area contributed by atoms with Gasteiger partial charge in [-0.3, -0.25) is 4.55 Å². The Morgan fingerprint density at radius 2 is 2.11 bits per heavy atom. The van der Waals surface area contributed by atoms with Gasteiger partial charge in [0.05, 0.1) is 17.9 Å². The van der Waals surface area contributed by atoms with Crippen LogP contribution in [0.4, 0.5) is 0 Å². The molecule has 0 amide bonds. The molecule has 0 spiro atoms. The van der Waals surface area contributed by atoms with Crippen molar-refractivity contribution in [3.8, 4) is 6.07 Å². The van der Waals surface area contributed by atoms with E-state index in [0.29, 0.717) is 11.8 Å². The van der Waals surface area contributed by atoms with Crippen LogP contribution in [-0.2, 0) is 16.5 Å². The summed E-state index contributed by atoms with van der Waals surface area (Å²) in [5.74, 6) is 0.253. The molecule has 1 atom stereocenters. The summed E-state index contributed by atoms with van der Waals surface area (Å²) in [5.41, 5.74) is 3.15. The van der Waals surface area contributed by atoms with E-state index in [0.717, 1.165) is 12.8 Å². The van der Waals surface area contributed by atoms with Gasteiger partial charge in [0.2, 0.25) is 0 Å². The number of aliphatic hydroxyl groups is 1. The van der Waals surface area contributed by atoms with E-state index in [2.05, 4.69) is 6.07 Å². The Labute approximate surface area is 106 Å². The molecule has 0 aliphatic heterocycles. The molecule has 2 rings (SSSR count). The minimum Gasteiger partial charge on any atom is -0.396 e. The molecule has 1 aromatic rings. The van der Waals surface area contributed by atoms with Gasteiger partial charge in [-0.25, -0.2) is 0 Å². The van der Waals surface area contributed by atoms with Gasteiger partial charge in [0, 0.05) is 12.5 Å². The largest absolute Gasteiger partial charge is 0.396 e. The summed E-state index contributed by atoms with van der Waals surface area (Å²) in [6.45, 7) is 0.196. The highest BCUT2D eigenvalue weighted by molar-refractivity contribution is 7.85. The molecule has 0 saturated heterocycles. The lowest BCUT2D eigenvalue weighted by Gasteiger charge is -2.06. The Bertz CT molecular complexity index is 552. The van der Waals surface area contributed by atoms with Crippen LogP contribution in [-0.4, -0.2) is 30.9 Å². The van der Waals surface area contributed by atoms with E-state index in [1.54, 1.807) is 0 Å². The Morgan fingerprint density at radius 3 is 2.61 bits per heavy atom. The molecule has 1 unspecified atom stereocenters. The van der Waals surface area contributed by atoms with Gasteiger partial charge in [-0.2, -0.15) is 13.7 Å². The van der Waals surface area contributed by atoms with Crippen molar-refractivity contribution in [2.45, 2.75) is 18.8 Å². The first-order valence-corrected chi connectivity index (χ1v) is 7.26. The van der Waals surface area contributed by atoms with Gasteiger partial charge in [-0.05, 0) is 36.1 Å². The fourth-order valence-electron chi connectivity index (χ4n) is 1.95. The maximum atomic E-state index is 9.19. The molecule has 0 saturated carbocycles. The fourth-order valence-corrected chi connectivity index (χ4v) is 1.95. The summed E-state index contributed by atoms with van der Waals surface area (Å²) in [6, 6.07) is 7.87. The van der Waals surface area contributed by atoms with E-state index in [1.165, 1.54) is 11.1 Å². The average Bonchev–Trinajstić information content (AvgIpc) is 2.68. The van der Waals surface area contributed by atoms with Crippen molar-refractivity contribution in [2.24, 2.45) is 0 Å². The number of benzene rings is 1. The van der Waals surface area contributed by atoms with Gasteiger partial charge in [-0.1, -0.05) is 6.07 Å². The van der Waals surface area contributed by atoms with Crippen LogP contribution in [0.3, 0.4) is 0 Å². The van der Waals surface area contributed by atoms with Crippen LogP contribution in [0.25, 0.3) is 0 Å². The second-order valence-corrected chi connectivity index (χ2v) is 5.64. The zero-order valence-corrected chi connectivity index (χ0v) is 10.8. The molecule has 0 radical (unpaired) electrons. The van der Waals surface area contributed by atoms with Crippen LogP contribution < -0.4 is 0 Å². The number of nitrogens with zero attached hydrogens (tertiary/aromatic N) is 1. The molecular formula is C12H15NO4S. The maximum absolute atomic E-state index is 9.19. The van der Waals surface area contributed by atoms with Crippen LogP contribution in [0.5, 0.6) is 0 Å². The second kappa shape index (κ2) is 5.96. The Hall–Kier alpha value is -1.42. The predicted octanol–water partition coefficient (Wildman–Crippen LogP) is 1.08. The number of aliphatic hydroxyl groups excluding tert-OH is 1. The van der Waals surface area contributed by atoms with Crippen molar-refractivity contribution < 1.29 is 18.1 Å². The molecule has 1 aliphatic carbocycles. The van der Waals surface area contributed by atoms with Crippen LogP contribution in [0.15, 0.2) is 18.2 Å². The first kappa shape index (κ1) is 14.6. The quantitative estimate of drug-likeness (QED) is 0.743. The predicted molar refractivity (Wildman–Crippen MR) is 66.8 cm³/mol. The van der Waals surface area contributed by atoms with Crippen molar-refractivity contribution in [2.75, 3.05) is 12.9 Å². The van der Waals surface area contributed by atoms with Gasteiger partial charge in [0.25, 0.3) is 10.1 Å². The zero-order valence-electron chi connectivity index (χ0n) is 10.00. The van der Waals surface area contributed by atoms with Gasteiger partial charge < -0.3 is 5.11 Å². The lowest BCUT2D eigenvalue weighted by atomic mass is 10.0. The number of fused-ring (bicyclic) bond motifs is 1. The summed E-state index contributed by atoms with van der Waals surface area (Å²) >= 11 is 0. The monoisotopic (exact) mass is 269 g/mol. The lowest BCUT2D eigenvalue weighted by molar-refractivity contribution is 0.265. The van der Waals surface area contributed by atoms with Crippen LogP contribution >= 0.6 is 0 Å². The zero-order chi connectivity index (χ0) is 13.8. The third kappa shape index (κ3) is 4.45. The summed E-state index contributed by atoms with van der Waals surface area (Å²) < 4.78 is 25.9. The van der Waals surface area contributed by atoms with Crippen molar-refractivity contribution in [1.29, 1.82) is 5.26 Å². The number of rotatable bonds is 1. The van der Waals surface area contributed by atoms with Crippen molar-refractivity contribution in [3.05, 3.63) is 34.9 Å². The number of aryl methyl sites for hydroxylation is 1. The summed E-state index contributed by atoms with van der Waals surface area (Å²) in [4.78, 5) is 0. The van der Waals surface area contributed by atoms with E-state index in [1.807, 2.05) is 18.2 Å². The molecule has 1 aromatic carbocycles. The van der Waals surface area contributed by atoms with E-state index in [-0.39, 0.29) is 12.5 Å². The maximum Gasteiger partial charge on any atom is 0.261 e. The topological polar surface area (TPSA) is 98.4 Å². The fraction of sp³-hybridized carbons (Fsp3) is 0.417. The van der Waals surface area contributed by atoms with Crippen molar-refractivity contribution in [3.63, 3.8) is 0 Å². The number of hydrogen-bond acceptors (Lipinski definition) is 4. The molecule has 6 heteroatoms. The number of nitriles is 1. The molecule has 18 heavy (non-hydrogen) atoms. The third-order valence-electron chi connectivity index (χ3n) is 2.70. The Balaban J connectivity index is 0.000000280. The van der Waals surface area contributed by atoms with E-state index in [9.17, 15) is 8.42 Å². The van der Waals surface area contributed by atoms with E-state index < -0.39 is 10.1 Å². The summed E-state index contributed by atoms with van der Waals surface area (Å²) in [6.07, 6.45) is 2.76. The molecule has 0 fully saturated rings. The highest BCUT2D eigenvalue weighted by Gasteiger charge is 2.21. The normalized spacial score (nSPS) is 17.3. The van der Waals surface area contributed by atoms with Gasteiger partial charge in [-0.15, -0.1) is 0 Å². The van der Waals surface area contributed by atoms with Crippen LogP contribution in [0.1, 0.15) is 29.0 Å². The SMILES string of the molecule is CS(=O)(=O)O.N#Cc1ccc2c(c1)C(CO)CC2. The van der Waals surface area contributed by atoms with Gasteiger partial charge in [0.1, 0.15) is 0 Å². The standard InChI is InChI=1S/C11H11NO.CH4O3S/c12-6-8-1-2-9-3-4-10(7-13)11(9)5-8;1-5(2,3)4/h1-2,5,10,13H,3-4,7H2;1H3,(H,2,3,4). The van der Waals surface area contributed by atoms with Crippen LogP contribution in [0.2, 0.25) is 0 Å². The average molecular weight is 269 g/mol. The molecule has 5 nitrogen and oxygen atoms in total. The molecule has 0 heterocycles. The van der Waals surface area contributed by atoms with Crippen LogP contribution in [0, 0.1) is 11.3 Å². The molecule has 98 valence electrons. The number of hydrogen-bond donors (Lipinski definition) is 2. The van der Waals surface area contributed by atoms with Gasteiger partial charge in [0.15, 0.2) is 0 Å². The van der Waals surface area contributed by atoms with E-state index in [4.69, 9.17) is 14.9 Å². The third-order valence-corrected chi connectivity index (χ3v) is 2.70.